The summed E-state index contributed by atoms with van der Waals surface area (Å²) in [6.07, 6.45) is 2.30. The minimum Gasteiger partial charge on any atom is -0.491 e. The van der Waals surface area contributed by atoms with Crippen molar-refractivity contribution in [2.45, 2.75) is 25.4 Å². The Bertz CT molecular complexity index is 783. The molecule has 1 saturated heterocycles. The Morgan fingerprint density at radius 3 is 2.81 bits per heavy atom. The van der Waals surface area contributed by atoms with Crippen LogP contribution in [-0.4, -0.2) is 36.3 Å². The van der Waals surface area contributed by atoms with Crippen molar-refractivity contribution in [1.29, 1.82) is 0 Å². The van der Waals surface area contributed by atoms with Crippen LogP contribution in [0.15, 0.2) is 48.5 Å². The number of carbonyl (C=O) groups excluding carboxylic acids is 1. The van der Waals surface area contributed by atoms with Crippen LogP contribution in [0.4, 0.5) is 5.69 Å². The van der Waals surface area contributed by atoms with Crippen LogP contribution in [0.2, 0.25) is 0 Å². The number of benzene rings is 2. The van der Waals surface area contributed by atoms with E-state index in [2.05, 4.69) is 5.32 Å². The van der Waals surface area contributed by atoms with Crippen LogP contribution in [0.3, 0.4) is 0 Å². The van der Waals surface area contributed by atoms with Crippen molar-refractivity contribution >= 4 is 17.6 Å². The Hall–Kier alpha value is -2.86. The summed E-state index contributed by atoms with van der Waals surface area (Å²) in [6.45, 7) is 1.28. The van der Waals surface area contributed by atoms with Crippen LogP contribution < -0.4 is 10.1 Å². The molecule has 1 aliphatic rings. The fourth-order valence-corrected chi connectivity index (χ4v) is 2.83. The van der Waals surface area contributed by atoms with Crippen molar-refractivity contribution < 1.29 is 24.2 Å². The van der Waals surface area contributed by atoms with Crippen molar-refractivity contribution in [3.05, 3.63) is 59.7 Å². The summed E-state index contributed by atoms with van der Waals surface area (Å²) in [6, 6.07) is 13.6. The van der Waals surface area contributed by atoms with E-state index in [9.17, 15) is 9.59 Å². The third kappa shape index (κ3) is 5.07. The zero-order valence-electron chi connectivity index (χ0n) is 14.3. The van der Waals surface area contributed by atoms with Gasteiger partial charge in [0.05, 0.1) is 18.1 Å². The fraction of sp³-hybridized carbons (Fsp3) is 0.300. The van der Waals surface area contributed by atoms with E-state index in [0.29, 0.717) is 23.6 Å². The number of carboxylic acids is 1. The molecule has 0 bridgehead atoms. The molecule has 1 heterocycles. The highest BCUT2D eigenvalue weighted by Crippen LogP contribution is 2.20. The monoisotopic (exact) mass is 355 g/mol. The summed E-state index contributed by atoms with van der Waals surface area (Å²) in [5.41, 5.74) is 1.45. The number of carboxylic acid groups (broad SMARTS) is 1. The number of carbonyl (C=O) groups is 2. The number of ether oxygens (including phenoxy) is 2. The minimum atomic E-state index is -1.01. The largest absolute Gasteiger partial charge is 0.491 e. The molecule has 3 rings (SSSR count). The van der Waals surface area contributed by atoms with E-state index in [1.54, 1.807) is 24.3 Å². The molecule has 6 heteroatoms. The van der Waals surface area contributed by atoms with Gasteiger partial charge in [-0.05, 0) is 42.7 Å². The lowest BCUT2D eigenvalue weighted by Crippen LogP contribution is -2.17. The second-order valence-corrected chi connectivity index (χ2v) is 6.20. The van der Waals surface area contributed by atoms with Crippen LogP contribution in [0, 0.1) is 0 Å². The van der Waals surface area contributed by atoms with Gasteiger partial charge in [-0.1, -0.05) is 18.2 Å². The molecule has 1 fully saturated rings. The molecule has 0 spiro atoms. The Labute approximate surface area is 151 Å². The Morgan fingerprint density at radius 2 is 2.04 bits per heavy atom. The summed E-state index contributed by atoms with van der Waals surface area (Å²) in [4.78, 5) is 23.2. The second kappa shape index (κ2) is 8.49. The molecule has 136 valence electrons. The van der Waals surface area contributed by atoms with Crippen molar-refractivity contribution in [1.82, 2.24) is 0 Å². The van der Waals surface area contributed by atoms with Gasteiger partial charge in [0, 0.05) is 18.4 Å². The van der Waals surface area contributed by atoms with E-state index in [1.807, 2.05) is 12.1 Å². The molecule has 1 atom stereocenters. The predicted molar refractivity (Wildman–Crippen MR) is 96.6 cm³/mol. The normalized spacial score (nSPS) is 16.2. The first kappa shape index (κ1) is 17.9. The number of anilines is 1. The van der Waals surface area contributed by atoms with Crippen LogP contribution in [0.5, 0.6) is 5.75 Å². The fourth-order valence-electron chi connectivity index (χ4n) is 2.83. The maximum atomic E-state index is 12.2. The van der Waals surface area contributed by atoms with Crippen molar-refractivity contribution in [3.63, 3.8) is 0 Å². The van der Waals surface area contributed by atoms with E-state index >= 15 is 0 Å². The zero-order chi connectivity index (χ0) is 18.4. The van der Waals surface area contributed by atoms with Gasteiger partial charge in [0.15, 0.2) is 0 Å². The van der Waals surface area contributed by atoms with Gasteiger partial charge >= 0.3 is 5.97 Å². The van der Waals surface area contributed by atoms with Crippen LogP contribution in [0.1, 0.15) is 28.8 Å². The number of amides is 1. The van der Waals surface area contributed by atoms with Crippen LogP contribution in [0.25, 0.3) is 0 Å². The SMILES string of the molecule is O=C(Cc1cccc(C(=O)O)c1)Nc1cccc(OCC2CCCO2)c1. The molecule has 0 aromatic heterocycles. The van der Waals surface area contributed by atoms with E-state index in [0.717, 1.165) is 19.4 Å². The smallest absolute Gasteiger partial charge is 0.335 e. The van der Waals surface area contributed by atoms with Crippen molar-refractivity contribution in [3.8, 4) is 5.75 Å². The third-order valence-electron chi connectivity index (χ3n) is 4.12. The maximum absolute atomic E-state index is 12.2. The Morgan fingerprint density at radius 1 is 1.19 bits per heavy atom. The standard InChI is InChI=1S/C20H21NO5/c22-19(11-14-4-1-5-15(10-14)20(23)24)21-16-6-2-7-17(12-16)26-13-18-8-3-9-25-18/h1-2,4-7,10,12,18H,3,8-9,11,13H2,(H,21,22)(H,23,24). The highest BCUT2D eigenvalue weighted by Gasteiger charge is 2.16. The molecule has 2 aromatic rings. The molecular weight excluding hydrogens is 334 g/mol. The van der Waals surface area contributed by atoms with Gasteiger partial charge < -0.3 is 19.9 Å². The number of hydrogen-bond acceptors (Lipinski definition) is 4. The highest BCUT2D eigenvalue weighted by molar-refractivity contribution is 5.93. The predicted octanol–water partition coefficient (Wildman–Crippen LogP) is 3.12. The van der Waals surface area contributed by atoms with Crippen molar-refractivity contribution in [2.75, 3.05) is 18.5 Å². The molecular formula is C20H21NO5. The van der Waals surface area contributed by atoms with Gasteiger partial charge in [0.25, 0.3) is 0 Å². The Balaban J connectivity index is 1.56. The van der Waals surface area contributed by atoms with Gasteiger partial charge in [-0.2, -0.15) is 0 Å². The lowest BCUT2D eigenvalue weighted by atomic mass is 10.1. The lowest BCUT2D eigenvalue weighted by molar-refractivity contribution is -0.115. The lowest BCUT2D eigenvalue weighted by Gasteiger charge is -2.12. The van der Waals surface area contributed by atoms with Crippen LogP contribution in [-0.2, 0) is 16.0 Å². The highest BCUT2D eigenvalue weighted by atomic mass is 16.5. The van der Waals surface area contributed by atoms with Gasteiger partial charge in [-0.3, -0.25) is 4.79 Å². The van der Waals surface area contributed by atoms with Gasteiger partial charge in [-0.15, -0.1) is 0 Å². The van der Waals surface area contributed by atoms with Gasteiger partial charge in [-0.25, -0.2) is 4.79 Å². The summed E-state index contributed by atoms with van der Waals surface area (Å²) in [7, 11) is 0. The first-order chi connectivity index (χ1) is 12.6. The molecule has 1 amide bonds. The minimum absolute atomic E-state index is 0.0993. The number of nitrogens with one attached hydrogen (secondary N) is 1. The molecule has 26 heavy (non-hydrogen) atoms. The second-order valence-electron chi connectivity index (χ2n) is 6.20. The quantitative estimate of drug-likeness (QED) is 0.797. The number of rotatable bonds is 7. The Kier molecular flexibility index (Phi) is 5.86. The van der Waals surface area contributed by atoms with Gasteiger partial charge in [0.1, 0.15) is 12.4 Å². The average molecular weight is 355 g/mol. The molecule has 1 unspecified atom stereocenters. The zero-order valence-corrected chi connectivity index (χ0v) is 14.3. The number of aromatic carboxylic acids is 1. The van der Waals surface area contributed by atoms with E-state index in [4.69, 9.17) is 14.6 Å². The summed E-state index contributed by atoms with van der Waals surface area (Å²) < 4.78 is 11.3. The van der Waals surface area contributed by atoms with Crippen molar-refractivity contribution in [2.24, 2.45) is 0 Å². The molecule has 0 radical (unpaired) electrons. The first-order valence-electron chi connectivity index (χ1n) is 8.57. The first-order valence-corrected chi connectivity index (χ1v) is 8.57. The summed E-state index contributed by atoms with van der Waals surface area (Å²) >= 11 is 0. The molecule has 0 aliphatic carbocycles. The summed E-state index contributed by atoms with van der Waals surface area (Å²) in [5, 5.41) is 11.8. The van der Waals surface area contributed by atoms with E-state index < -0.39 is 5.97 Å². The molecule has 2 N–H and O–H groups in total. The topological polar surface area (TPSA) is 84.9 Å². The maximum Gasteiger partial charge on any atom is 0.335 e. The molecule has 6 nitrogen and oxygen atoms in total. The van der Waals surface area contributed by atoms with E-state index in [1.165, 1.54) is 12.1 Å². The molecule has 2 aromatic carbocycles. The third-order valence-corrected chi connectivity index (χ3v) is 4.12. The van der Waals surface area contributed by atoms with Crippen LogP contribution >= 0.6 is 0 Å². The molecule has 1 aliphatic heterocycles. The van der Waals surface area contributed by atoms with Gasteiger partial charge in [0.2, 0.25) is 5.91 Å². The average Bonchev–Trinajstić information content (AvgIpc) is 3.14. The number of hydrogen-bond donors (Lipinski definition) is 2. The van der Waals surface area contributed by atoms with E-state index in [-0.39, 0.29) is 24.0 Å². The summed E-state index contributed by atoms with van der Waals surface area (Å²) in [5.74, 6) is -0.557. The molecule has 0 saturated carbocycles.